The molecule has 0 fully saturated rings. The van der Waals surface area contributed by atoms with Crippen LogP contribution in [0.25, 0.3) is 0 Å². The van der Waals surface area contributed by atoms with E-state index in [0.717, 1.165) is 17.1 Å². The molecule has 1 aliphatic rings. The average molecular weight is 393 g/mol. The molecule has 1 amide bonds. The second kappa shape index (κ2) is 7.90. The van der Waals surface area contributed by atoms with Gasteiger partial charge in [-0.25, -0.2) is 12.7 Å². The highest BCUT2D eigenvalue weighted by Gasteiger charge is 2.19. The number of anilines is 1. The Morgan fingerprint density at radius 1 is 1.08 bits per heavy atom. The summed E-state index contributed by atoms with van der Waals surface area (Å²) in [7, 11) is -0.550. The molecule has 0 spiro atoms. The molecule has 7 heteroatoms. The van der Waals surface area contributed by atoms with E-state index in [1.165, 1.54) is 62.4 Å². The molecule has 0 aliphatic heterocycles. The van der Waals surface area contributed by atoms with Crippen LogP contribution in [-0.4, -0.2) is 32.7 Å². The maximum absolute atomic E-state index is 12.6. The summed E-state index contributed by atoms with van der Waals surface area (Å²) in [6.07, 6.45) is 6.95. The molecule has 140 valence electrons. The maximum atomic E-state index is 12.6. The fourth-order valence-corrected chi connectivity index (χ4v) is 5.19. The number of thiophene rings is 1. The number of rotatable bonds is 4. The summed E-state index contributed by atoms with van der Waals surface area (Å²) in [5, 5.41) is 2.84. The van der Waals surface area contributed by atoms with Crippen LogP contribution in [0, 0.1) is 0 Å². The van der Waals surface area contributed by atoms with E-state index in [1.54, 1.807) is 23.5 Å². The quantitative estimate of drug-likeness (QED) is 0.858. The van der Waals surface area contributed by atoms with Crippen LogP contribution in [0.3, 0.4) is 0 Å². The molecule has 0 saturated carbocycles. The Morgan fingerprint density at radius 3 is 2.54 bits per heavy atom. The maximum Gasteiger partial charge on any atom is 0.265 e. The van der Waals surface area contributed by atoms with Gasteiger partial charge in [0.15, 0.2) is 0 Å². The number of hydrogen-bond acceptors (Lipinski definition) is 4. The van der Waals surface area contributed by atoms with Crippen LogP contribution in [0.2, 0.25) is 0 Å². The predicted octanol–water partition coefficient (Wildman–Crippen LogP) is 3.91. The Balaban J connectivity index is 1.79. The highest BCUT2D eigenvalue weighted by molar-refractivity contribution is 7.89. The molecule has 1 aromatic heterocycles. The van der Waals surface area contributed by atoms with Crippen molar-refractivity contribution in [2.75, 3.05) is 19.4 Å². The minimum atomic E-state index is -3.53. The van der Waals surface area contributed by atoms with E-state index in [0.29, 0.717) is 10.6 Å². The van der Waals surface area contributed by atoms with E-state index >= 15 is 0 Å². The molecule has 1 aliphatic carbocycles. The topological polar surface area (TPSA) is 66.5 Å². The molecule has 1 heterocycles. The van der Waals surface area contributed by atoms with Gasteiger partial charge in [0.2, 0.25) is 10.0 Å². The summed E-state index contributed by atoms with van der Waals surface area (Å²) in [6, 6.07) is 8.37. The minimum Gasteiger partial charge on any atom is -0.321 e. The SMILES string of the molecule is CN(C)S(=O)(=O)c1cccc(NC(=O)c2cc3c(s2)CCCCCC3)c1. The highest BCUT2D eigenvalue weighted by atomic mass is 32.2. The third-order valence-electron chi connectivity index (χ3n) is 4.59. The van der Waals surface area contributed by atoms with Gasteiger partial charge in [0, 0.05) is 24.7 Å². The first-order valence-corrected chi connectivity index (χ1v) is 11.1. The van der Waals surface area contributed by atoms with Crippen molar-refractivity contribution in [2.45, 2.75) is 43.4 Å². The van der Waals surface area contributed by atoms with Crippen molar-refractivity contribution >= 4 is 33.0 Å². The van der Waals surface area contributed by atoms with E-state index in [2.05, 4.69) is 5.32 Å². The summed E-state index contributed by atoms with van der Waals surface area (Å²) >= 11 is 1.56. The van der Waals surface area contributed by atoms with Crippen LogP contribution < -0.4 is 5.32 Å². The second-order valence-corrected chi connectivity index (χ2v) is 10.0. The van der Waals surface area contributed by atoms with Crippen molar-refractivity contribution in [1.82, 2.24) is 4.31 Å². The molecule has 3 rings (SSSR count). The van der Waals surface area contributed by atoms with E-state index < -0.39 is 10.0 Å². The zero-order valence-electron chi connectivity index (χ0n) is 15.1. The van der Waals surface area contributed by atoms with Crippen LogP contribution in [-0.2, 0) is 22.9 Å². The lowest BCUT2D eigenvalue weighted by Gasteiger charge is -2.12. The zero-order valence-corrected chi connectivity index (χ0v) is 16.8. The summed E-state index contributed by atoms with van der Waals surface area (Å²) < 4.78 is 25.7. The Hall–Kier alpha value is -1.70. The lowest BCUT2D eigenvalue weighted by atomic mass is 10.00. The summed E-state index contributed by atoms with van der Waals surface area (Å²) in [4.78, 5) is 14.8. The van der Waals surface area contributed by atoms with Crippen LogP contribution in [0.15, 0.2) is 35.2 Å². The monoisotopic (exact) mass is 392 g/mol. The largest absolute Gasteiger partial charge is 0.321 e. The minimum absolute atomic E-state index is 0.166. The number of hydrogen-bond donors (Lipinski definition) is 1. The van der Waals surface area contributed by atoms with Crippen LogP contribution in [0.4, 0.5) is 5.69 Å². The van der Waals surface area contributed by atoms with Gasteiger partial charge in [-0.1, -0.05) is 18.9 Å². The van der Waals surface area contributed by atoms with Gasteiger partial charge in [-0.3, -0.25) is 4.79 Å². The number of aryl methyl sites for hydroxylation is 2. The van der Waals surface area contributed by atoms with Crippen LogP contribution >= 0.6 is 11.3 Å². The van der Waals surface area contributed by atoms with Gasteiger partial charge in [0.05, 0.1) is 9.77 Å². The van der Waals surface area contributed by atoms with Crippen molar-refractivity contribution in [3.05, 3.63) is 45.6 Å². The molecule has 0 atom stereocenters. The molecule has 0 saturated heterocycles. The number of sulfonamides is 1. The normalized spacial score (nSPS) is 15.2. The summed E-state index contributed by atoms with van der Waals surface area (Å²) in [5.74, 6) is -0.179. The van der Waals surface area contributed by atoms with E-state index in [4.69, 9.17) is 0 Å². The fourth-order valence-electron chi connectivity index (χ4n) is 3.09. The average Bonchev–Trinajstić information content (AvgIpc) is 2.97. The fraction of sp³-hybridized carbons (Fsp3) is 0.421. The van der Waals surface area contributed by atoms with Crippen molar-refractivity contribution in [3.8, 4) is 0 Å². The number of nitrogens with one attached hydrogen (secondary N) is 1. The molecule has 1 aromatic carbocycles. The number of fused-ring (bicyclic) bond motifs is 1. The molecular formula is C19H24N2O3S2. The highest BCUT2D eigenvalue weighted by Crippen LogP contribution is 2.29. The molecule has 0 bridgehead atoms. The lowest BCUT2D eigenvalue weighted by Crippen LogP contribution is -2.22. The van der Waals surface area contributed by atoms with E-state index in [9.17, 15) is 13.2 Å². The molecule has 26 heavy (non-hydrogen) atoms. The summed E-state index contributed by atoms with van der Waals surface area (Å²) in [6.45, 7) is 0. The van der Waals surface area contributed by atoms with Crippen molar-refractivity contribution in [1.29, 1.82) is 0 Å². The number of carbonyl (C=O) groups excluding carboxylic acids is 1. The smallest absolute Gasteiger partial charge is 0.265 e. The Kier molecular flexibility index (Phi) is 5.79. The van der Waals surface area contributed by atoms with Gasteiger partial charge in [-0.15, -0.1) is 11.3 Å². The van der Waals surface area contributed by atoms with Gasteiger partial charge < -0.3 is 5.32 Å². The predicted molar refractivity (Wildman–Crippen MR) is 105 cm³/mol. The van der Waals surface area contributed by atoms with Crippen molar-refractivity contribution in [2.24, 2.45) is 0 Å². The molecule has 1 N–H and O–H groups in total. The standard InChI is InChI=1S/C19H24N2O3S2/c1-21(2)26(23,24)16-10-7-9-15(13-16)20-19(22)18-12-14-8-5-3-4-6-11-17(14)25-18/h7,9-10,12-13H,3-6,8,11H2,1-2H3,(H,20,22). The van der Waals surface area contributed by atoms with Gasteiger partial charge >= 0.3 is 0 Å². The third kappa shape index (κ3) is 4.16. The Morgan fingerprint density at radius 2 is 1.81 bits per heavy atom. The first kappa shape index (κ1) is 19.1. The number of carbonyl (C=O) groups is 1. The third-order valence-corrected chi connectivity index (χ3v) is 7.64. The van der Waals surface area contributed by atoms with E-state index in [-0.39, 0.29) is 10.8 Å². The van der Waals surface area contributed by atoms with Crippen molar-refractivity contribution < 1.29 is 13.2 Å². The Bertz CT molecular complexity index is 876. The lowest BCUT2D eigenvalue weighted by molar-refractivity contribution is 0.103. The second-order valence-electron chi connectivity index (χ2n) is 6.74. The summed E-state index contributed by atoms with van der Waals surface area (Å²) in [5.41, 5.74) is 1.78. The molecule has 0 unspecified atom stereocenters. The van der Waals surface area contributed by atoms with Gasteiger partial charge in [-0.05, 0) is 55.5 Å². The number of benzene rings is 1. The number of nitrogens with zero attached hydrogens (tertiary/aromatic N) is 1. The Labute approximate surface area is 159 Å². The van der Waals surface area contributed by atoms with Gasteiger partial charge in [0.1, 0.15) is 0 Å². The first-order valence-electron chi connectivity index (χ1n) is 8.83. The molecule has 2 aromatic rings. The van der Waals surface area contributed by atoms with E-state index in [1.807, 2.05) is 6.07 Å². The number of amides is 1. The zero-order chi connectivity index (χ0) is 18.7. The van der Waals surface area contributed by atoms with Gasteiger partial charge in [-0.2, -0.15) is 0 Å². The van der Waals surface area contributed by atoms with Crippen LogP contribution in [0.5, 0.6) is 0 Å². The first-order chi connectivity index (χ1) is 12.4. The molecular weight excluding hydrogens is 368 g/mol. The van der Waals surface area contributed by atoms with Gasteiger partial charge in [0.25, 0.3) is 5.91 Å². The van der Waals surface area contributed by atoms with Crippen molar-refractivity contribution in [3.63, 3.8) is 0 Å². The molecule has 5 nitrogen and oxygen atoms in total. The van der Waals surface area contributed by atoms with Crippen LogP contribution in [0.1, 0.15) is 45.8 Å². The molecule has 0 radical (unpaired) electrons.